The number of nitrogens with one attached hydrogen (secondary N) is 1. The van der Waals surface area contributed by atoms with Crippen LogP contribution in [0, 0.1) is 0 Å². The maximum Gasteiger partial charge on any atom is 0.262 e. The zero-order valence-corrected chi connectivity index (χ0v) is 13.6. The maximum atomic E-state index is 12.3. The SMILES string of the molecule is O=S1(=O)NC(CCc2ccccc2)=Cc2ccc(Br)cc21. The Morgan fingerprint density at radius 1 is 1.00 bits per heavy atom. The van der Waals surface area contributed by atoms with Crippen LogP contribution in [0.1, 0.15) is 17.5 Å². The number of allylic oxidation sites excluding steroid dienone is 1. The molecule has 0 amide bonds. The summed E-state index contributed by atoms with van der Waals surface area (Å²) in [7, 11) is -3.47. The smallest absolute Gasteiger partial charge is 0.262 e. The summed E-state index contributed by atoms with van der Waals surface area (Å²) < 4.78 is 28.0. The van der Waals surface area contributed by atoms with Gasteiger partial charge in [-0.25, -0.2) is 8.42 Å². The van der Waals surface area contributed by atoms with Gasteiger partial charge in [-0.15, -0.1) is 0 Å². The summed E-state index contributed by atoms with van der Waals surface area (Å²) in [6, 6.07) is 15.3. The van der Waals surface area contributed by atoms with E-state index in [9.17, 15) is 8.42 Å². The molecule has 0 radical (unpaired) electrons. The Balaban J connectivity index is 1.86. The summed E-state index contributed by atoms with van der Waals surface area (Å²) in [5, 5.41) is 0. The minimum atomic E-state index is -3.47. The molecule has 0 atom stereocenters. The van der Waals surface area contributed by atoms with Gasteiger partial charge in [-0.05, 0) is 42.2 Å². The monoisotopic (exact) mass is 363 g/mol. The average Bonchev–Trinajstić information content (AvgIpc) is 2.47. The van der Waals surface area contributed by atoms with Crippen LogP contribution >= 0.6 is 15.9 Å². The molecule has 21 heavy (non-hydrogen) atoms. The van der Waals surface area contributed by atoms with Gasteiger partial charge in [0.25, 0.3) is 10.0 Å². The average molecular weight is 364 g/mol. The molecule has 0 fully saturated rings. The Hall–Kier alpha value is -1.59. The molecule has 0 spiro atoms. The normalized spacial score (nSPS) is 15.8. The highest BCUT2D eigenvalue weighted by atomic mass is 79.9. The largest absolute Gasteiger partial charge is 0.283 e. The zero-order valence-electron chi connectivity index (χ0n) is 11.2. The van der Waals surface area contributed by atoms with Crippen LogP contribution in [-0.2, 0) is 16.4 Å². The van der Waals surface area contributed by atoms with E-state index in [1.54, 1.807) is 6.07 Å². The second-order valence-electron chi connectivity index (χ2n) is 4.94. The first-order valence-corrected chi connectivity index (χ1v) is 8.89. The molecule has 0 aliphatic carbocycles. The highest BCUT2D eigenvalue weighted by Crippen LogP contribution is 2.28. The maximum absolute atomic E-state index is 12.3. The number of fused-ring (bicyclic) bond motifs is 1. The van der Waals surface area contributed by atoms with Crippen LogP contribution in [-0.4, -0.2) is 8.42 Å². The zero-order chi connectivity index (χ0) is 14.9. The molecule has 3 nitrogen and oxygen atoms in total. The van der Waals surface area contributed by atoms with Crippen molar-refractivity contribution in [3.63, 3.8) is 0 Å². The molecule has 3 rings (SSSR count). The van der Waals surface area contributed by atoms with Crippen molar-refractivity contribution in [1.82, 2.24) is 4.72 Å². The fourth-order valence-electron chi connectivity index (χ4n) is 2.35. The molecule has 0 unspecified atom stereocenters. The number of hydrogen-bond donors (Lipinski definition) is 1. The van der Waals surface area contributed by atoms with Crippen LogP contribution in [0.3, 0.4) is 0 Å². The predicted molar refractivity (Wildman–Crippen MR) is 87.2 cm³/mol. The molecule has 1 N–H and O–H groups in total. The van der Waals surface area contributed by atoms with E-state index >= 15 is 0 Å². The molecule has 0 saturated heterocycles. The van der Waals surface area contributed by atoms with Gasteiger partial charge in [-0.3, -0.25) is 4.72 Å². The van der Waals surface area contributed by atoms with Crippen LogP contribution in [0.15, 0.2) is 63.6 Å². The van der Waals surface area contributed by atoms with E-state index < -0.39 is 10.0 Å². The van der Waals surface area contributed by atoms with Gasteiger partial charge in [0.1, 0.15) is 0 Å². The van der Waals surface area contributed by atoms with Gasteiger partial charge in [0, 0.05) is 10.2 Å². The first kappa shape index (κ1) is 14.4. The third-order valence-corrected chi connectivity index (χ3v) is 5.34. The van der Waals surface area contributed by atoms with Crippen molar-refractivity contribution in [2.75, 3.05) is 0 Å². The fraction of sp³-hybridized carbons (Fsp3) is 0.125. The lowest BCUT2D eigenvalue weighted by atomic mass is 10.1. The summed E-state index contributed by atoms with van der Waals surface area (Å²) in [6.45, 7) is 0. The second-order valence-corrected chi connectivity index (χ2v) is 7.51. The molecule has 1 aliphatic rings. The highest BCUT2D eigenvalue weighted by molar-refractivity contribution is 9.10. The Morgan fingerprint density at radius 2 is 1.76 bits per heavy atom. The van der Waals surface area contributed by atoms with E-state index in [0.29, 0.717) is 11.3 Å². The van der Waals surface area contributed by atoms with Gasteiger partial charge in [0.15, 0.2) is 0 Å². The third kappa shape index (κ3) is 3.19. The number of sulfonamides is 1. The molecule has 1 heterocycles. The number of hydrogen-bond acceptors (Lipinski definition) is 2. The van der Waals surface area contributed by atoms with Gasteiger partial charge in [0.2, 0.25) is 0 Å². The topological polar surface area (TPSA) is 46.2 Å². The van der Waals surface area contributed by atoms with Crippen LogP contribution in [0.5, 0.6) is 0 Å². The van der Waals surface area contributed by atoms with Gasteiger partial charge < -0.3 is 0 Å². The fourth-order valence-corrected chi connectivity index (χ4v) is 4.20. The first-order chi connectivity index (χ1) is 10.0. The standard InChI is InChI=1S/C16H14BrNO2S/c17-14-8-7-13-10-15(18-21(19,20)16(13)11-14)9-6-12-4-2-1-3-5-12/h1-5,7-8,10-11,18H,6,9H2. The van der Waals surface area contributed by atoms with Crippen LogP contribution in [0.4, 0.5) is 0 Å². The van der Waals surface area contributed by atoms with Gasteiger partial charge in [-0.2, -0.15) is 0 Å². The number of rotatable bonds is 3. The van der Waals surface area contributed by atoms with Crippen molar-refractivity contribution in [3.8, 4) is 0 Å². The summed E-state index contributed by atoms with van der Waals surface area (Å²) in [6.07, 6.45) is 3.38. The summed E-state index contributed by atoms with van der Waals surface area (Å²) in [5.41, 5.74) is 2.66. The van der Waals surface area contributed by atoms with Gasteiger partial charge >= 0.3 is 0 Å². The molecule has 1 aliphatic heterocycles. The third-order valence-electron chi connectivity index (χ3n) is 3.39. The Bertz CT molecular complexity index is 798. The second kappa shape index (κ2) is 5.66. The minimum Gasteiger partial charge on any atom is -0.283 e. The van der Waals surface area contributed by atoms with E-state index in [1.165, 1.54) is 5.56 Å². The molecular formula is C16H14BrNO2S. The van der Waals surface area contributed by atoms with Crippen LogP contribution in [0.2, 0.25) is 0 Å². The summed E-state index contributed by atoms with van der Waals surface area (Å²) >= 11 is 3.31. The molecule has 2 aromatic carbocycles. The van der Waals surface area contributed by atoms with Crippen LogP contribution < -0.4 is 4.72 Å². The van der Waals surface area contributed by atoms with E-state index in [-0.39, 0.29) is 0 Å². The summed E-state index contributed by atoms with van der Waals surface area (Å²) in [5.74, 6) is 0. The lowest BCUT2D eigenvalue weighted by Gasteiger charge is -2.19. The predicted octanol–water partition coefficient (Wildman–Crippen LogP) is 3.71. The van der Waals surface area contributed by atoms with Gasteiger partial charge in [0.05, 0.1) is 4.90 Å². The Labute approximate surface area is 132 Å². The lowest BCUT2D eigenvalue weighted by Crippen LogP contribution is -2.27. The van der Waals surface area contributed by atoms with E-state index in [1.807, 2.05) is 48.5 Å². The molecular weight excluding hydrogens is 350 g/mol. The Kier molecular flexibility index (Phi) is 3.87. The lowest BCUT2D eigenvalue weighted by molar-refractivity contribution is 0.585. The molecule has 5 heteroatoms. The van der Waals surface area contributed by atoms with E-state index in [2.05, 4.69) is 20.7 Å². The number of aryl methyl sites for hydroxylation is 1. The van der Waals surface area contributed by atoms with Crippen molar-refractivity contribution in [1.29, 1.82) is 0 Å². The molecule has 0 bridgehead atoms. The Morgan fingerprint density at radius 3 is 2.52 bits per heavy atom. The van der Waals surface area contributed by atoms with Crippen molar-refractivity contribution in [2.45, 2.75) is 17.7 Å². The first-order valence-electron chi connectivity index (χ1n) is 6.61. The van der Waals surface area contributed by atoms with Crippen molar-refractivity contribution < 1.29 is 8.42 Å². The number of benzene rings is 2. The molecule has 0 aromatic heterocycles. The molecule has 0 saturated carbocycles. The van der Waals surface area contributed by atoms with Crippen molar-refractivity contribution in [3.05, 3.63) is 69.8 Å². The molecule has 108 valence electrons. The van der Waals surface area contributed by atoms with Crippen molar-refractivity contribution in [2.24, 2.45) is 0 Å². The van der Waals surface area contributed by atoms with Crippen molar-refractivity contribution >= 4 is 32.0 Å². The van der Waals surface area contributed by atoms with E-state index in [0.717, 1.165) is 22.2 Å². The number of halogens is 1. The quantitative estimate of drug-likeness (QED) is 0.903. The summed E-state index contributed by atoms with van der Waals surface area (Å²) in [4.78, 5) is 0.320. The van der Waals surface area contributed by atoms with E-state index in [4.69, 9.17) is 0 Å². The highest BCUT2D eigenvalue weighted by Gasteiger charge is 2.23. The minimum absolute atomic E-state index is 0.320. The van der Waals surface area contributed by atoms with Crippen LogP contribution in [0.25, 0.3) is 6.08 Å². The molecule has 2 aromatic rings. The van der Waals surface area contributed by atoms with Gasteiger partial charge in [-0.1, -0.05) is 52.3 Å².